The smallest absolute Gasteiger partial charge is 0.0648 e. The molecule has 2 rings (SSSR count). The Morgan fingerprint density at radius 3 is 2.60 bits per heavy atom. The van der Waals surface area contributed by atoms with Crippen LogP contribution in [0.5, 0.6) is 0 Å². The predicted molar refractivity (Wildman–Crippen MR) is 81.0 cm³/mol. The number of aryl methyl sites for hydroxylation is 1. The van der Waals surface area contributed by atoms with Crippen LogP contribution in [0.4, 0.5) is 0 Å². The number of hydrogen-bond acceptors (Lipinski definition) is 3. The van der Waals surface area contributed by atoms with E-state index < -0.39 is 0 Å². The summed E-state index contributed by atoms with van der Waals surface area (Å²) in [6.45, 7) is 7.23. The van der Waals surface area contributed by atoms with Crippen LogP contribution in [0.3, 0.4) is 0 Å². The first-order chi connectivity index (χ1) is 9.63. The van der Waals surface area contributed by atoms with Crippen molar-refractivity contribution in [1.29, 1.82) is 0 Å². The van der Waals surface area contributed by atoms with Gasteiger partial charge in [0.05, 0.1) is 11.4 Å². The van der Waals surface area contributed by atoms with Gasteiger partial charge >= 0.3 is 0 Å². The normalized spacial score (nSPS) is 12.6. The minimum Gasteiger partial charge on any atom is -0.396 e. The van der Waals surface area contributed by atoms with E-state index >= 15 is 0 Å². The molecule has 0 bridgehead atoms. The largest absolute Gasteiger partial charge is 0.396 e. The molecular weight excluding hydrogens is 250 g/mol. The summed E-state index contributed by atoms with van der Waals surface area (Å²) in [6, 6.07) is 10.5. The van der Waals surface area contributed by atoms with Crippen LogP contribution in [0.2, 0.25) is 0 Å². The first kappa shape index (κ1) is 14.8. The quantitative estimate of drug-likeness (QED) is 0.849. The van der Waals surface area contributed by atoms with Crippen molar-refractivity contribution in [2.75, 3.05) is 6.61 Å². The summed E-state index contributed by atoms with van der Waals surface area (Å²) in [5.41, 5.74) is 4.54. The molecule has 1 atom stereocenters. The second kappa shape index (κ2) is 6.68. The second-order valence-electron chi connectivity index (χ2n) is 5.19. The molecule has 1 heterocycles. The lowest BCUT2D eigenvalue weighted by molar-refractivity contribution is 0.268. The highest BCUT2D eigenvalue weighted by Gasteiger charge is 2.13. The minimum absolute atomic E-state index is 0.218. The molecule has 4 nitrogen and oxygen atoms in total. The van der Waals surface area contributed by atoms with Gasteiger partial charge in [-0.05, 0) is 39.3 Å². The second-order valence-corrected chi connectivity index (χ2v) is 5.19. The zero-order valence-electron chi connectivity index (χ0n) is 12.4. The summed E-state index contributed by atoms with van der Waals surface area (Å²) in [4.78, 5) is 0. The standard InChI is InChI=1S/C16H23N3O/c1-12(9-10-20)17-11-16-13(2)18-19(14(16)3)15-7-5-4-6-8-15/h4-8,12,17,20H,9-11H2,1-3H3. The van der Waals surface area contributed by atoms with E-state index in [0.29, 0.717) is 6.04 Å². The van der Waals surface area contributed by atoms with Crippen LogP contribution < -0.4 is 5.32 Å². The van der Waals surface area contributed by atoms with Gasteiger partial charge in [-0.25, -0.2) is 4.68 Å². The third kappa shape index (κ3) is 3.26. The third-order valence-electron chi connectivity index (χ3n) is 3.63. The summed E-state index contributed by atoms with van der Waals surface area (Å²) < 4.78 is 1.99. The zero-order valence-corrected chi connectivity index (χ0v) is 12.4. The Balaban J connectivity index is 2.17. The van der Waals surface area contributed by atoms with E-state index in [4.69, 9.17) is 5.11 Å². The van der Waals surface area contributed by atoms with Crippen molar-refractivity contribution < 1.29 is 5.11 Å². The average molecular weight is 273 g/mol. The first-order valence-corrected chi connectivity index (χ1v) is 7.08. The number of benzene rings is 1. The highest BCUT2D eigenvalue weighted by Crippen LogP contribution is 2.17. The van der Waals surface area contributed by atoms with Crippen molar-refractivity contribution >= 4 is 0 Å². The van der Waals surface area contributed by atoms with Gasteiger partial charge in [-0.15, -0.1) is 0 Å². The van der Waals surface area contributed by atoms with Crippen molar-refractivity contribution in [1.82, 2.24) is 15.1 Å². The molecule has 1 aromatic carbocycles. The van der Waals surface area contributed by atoms with Gasteiger partial charge < -0.3 is 10.4 Å². The van der Waals surface area contributed by atoms with E-state index in [0.717, 1.165) is 30.0 Å². The molecule has 1 aromatic heterocycles. The van der Waals surface area contributed by atoms with Crippen LogP contribution in [0, 0.1) is 13.8 Å². The van der Waals surface area contributed by atoms with E-state index in [1.165, 1.54) is 5.56 Å². The fraction of sp³-hybridized carbons (Fsp3) is 0.438. The van der Waals surface area contributed by atoms with Crippen molar-refractivity contribution in [3.8, 4) is 5.69 Å². The maximum Gasteiger partial charge on any atom is 0.0648 e. The molecule has 0 aliphatic carbocycles. The van der Waals surface area contributed by atoms with E-state index in [2.05, 4.69) is 36.4 Å². The molecule has 1 unspecified atom stereocenters. The average Bonchev–Trinajstić information content (AvgIpc) is 2.73. The molecule has 0 saturated carbocycles. The Hall–Kier alpha value is -1.65. The number of hydrogen-bond donors (Lipinski definition) is 2. The fourth-order valence-electron chi connectivity index (χ4n) is 2.32. The molecule has 0 radical (unpaired) electrons. The Bertz CT molecular complexity index is 548. The van der Waals surface area contributed by atoms with Crippen LogP contribution in [0.25, 0.3) is 5.69 Å². The molecule has 0 aliphatic rings. The van der Waals surface area contributed by atoms with Gasteiger partial charge in [0, 0.05) is 30.5 Å². The Morgan fingerprint density at radius 2 is 1.95 bits per heavy atom. The number of aliphatic hydroxyl groups is 1. The summed E-state index contributed by atoms with van der Waals surface area (Å²) in [5.74, 6) is 0. The number of nitrogens with one attached hydrogen (secondary N) is 1. The van der Waals surface area contributed by atoms with Crippen LogP contribution in [-0.4, -0.2) is 27.5 Å². The van der Waals surface area contributed by atoms with E-state index in [1.54, 1.807) is 0 Å². The van der Waals surface area contributed by atoms with Gasteiger partial charge in [0.2, 0.25) is 0 Å². The molecule has 0 saturated heterocycles. The Morgan fingerprint density at radius 1 is 1.25 bits per heavy atom. The Labute approximate surface area is 120 Å². The van der Waals surface area contributed by atoms with Gasteiger partial charge in [-0.2, -0.15) is 5.10 Å². The van der Waals surface area contributed by atoms with Gasteiger partial charge in [0.15, 0.2) is 0 Å². The number of aromatic nitrogens is 2. The molecule has 0 fully saturated rings. The SMILES string of the molecule is Cc1nn(-c2ccccc2)c(C)c1CNC(C)CCO. The van der Waals surface area contributed by atoms with Crippen molar-refractivity contribution in [3.63, 3.8) is 0 Å². The monoisotopic (exact) mass is 273 g/mol. The molecule has 20 heavy (non-hydrogen) atoms. The molecule has 4 heteroatoms. The van der Waals surface area contributed by atoms with Crippen molar-refractivity contribution in [3.05, 3.63) is 47.3 Å². The number of nitrogens with zero attached hydrogens (tertiary/aromatic N) is 2. The first-order valence-electron chi connectivity index (χ1n) is 7.08. The van der Waals surface area contributed by atoms with Crippen molar-refractivity contribution in [2.24, 2.45) is 0 Å². The number of para-hydroxylation sites is 1. The van der Waals surface area contributed by atoms with Gasteiger partial charge in [0.25, 0.3) is 0 Å². The fourth-order valence-corrected chi connectivity index (χ4v) is 2.32. The van der Waals surface area contributed by atoms with E-state index in [1.807, 2.05) is 29.8 Å². The van der Waals surface area contributed by atoms with Gasteiger partial charge in [-0.1, -0.05) is 18.2 Å². The van der Waals surface area contributed by atoms with Crippen LogP contribution in [0.15, 0.2) is 30.3 Å². The lowest BCUT2D eigenvalue weighted by Crippen LogP contribution is -2.26. The number of rotatable bonds is 6. The lowest BCUT2D eigenvalue weighted by atomic mass is 10.1. The summed E-state index contributed by atoms with van der Waals surface area (Å²) in [5, 5.41) is 17.0. The highest BCUT2D eigenvalue weighted by atomic mass is 16.3. The van der Waals surface area contributed by atoms with Crippen molar-refractivity contribution in [2.45, 2.75) is 39.8 Å². The molecule has 0 spiro atoms. The minimum atomic E-state index is 0.218. The highest BCUT2D eigenvalue weighted by molar-refractivity contribution is 5.36. The third-order valence-corrected chi connectivity index (χ3v) is 3.63. The summed E-state index contributed by atoms with van der Waals surface area (Å²) in [6.07, 6.45) is 0.769. The van der Waals surface area contributed by atoms with E-state index in [9.17, 15) is 0 Å². The molecule has 2 N–H and O–H groups in total. The molecule has 0 amide bonds. The van der Waals surface area contributed by atoms with Gasteiger partial charge in [-0.3, -0.25) is 0 Å². The Kier molecular flexibility index (Phi) is 4.93. The molecule has 108 valence electrons. The predicted octanol–water partition coefficient (Wildman–Crippen LogP) is 2.35. The maximum atomic E-state index is 8.94. The maximum absolute atomic E-state index is 8.94. The number of aliphatic hydroxyl groups excluding tert-OH is 1. The van der Waals surface area contributed by atoms with Crippen LogP contribution >= 0.6 is 0 Å². The summed E-state index contributed by atoms with van der Waals surface area (Å²) in [7, 11) is 0. The molecular formula is C16H23N3O. The molecule has 0 aliphatic heterocycles. The van der Waals surface area contributed by atoms with E-state index in [-0.39, 0.29) is 6.61 Å². The zero-order chi connectivity index (χ0) is 14.5. The summed E-state index contributed by atoms with van der Waals surface area (Å²) >= 11 is 0. The van der Waals surface area contributed by atoms with Crippen LogP contribution in [-0.2, 0) is 6.54 Å². The van der Waals surface area contributed by atoms with Gasteiger partial charge in [0.1, 0.15) is 0 Å². The lowest BCUT2D eigenvalue weighted by Gasteiger charge is -2.12. The van der Waals surface area contributed by atoms with Crippen LogP contribution in [0.1, 0.15) is 30.3 Å². The topological polar surface area (TPSA) is 50.1 Å². The molecule has 2 aromatic rings.